The van der Waals surface area contributed by atoms with Crippen LogP contribution in [0.2, 0.25) is 0 Å². The van der Waals surface area contributed by atoms with Crippen LogP contribution in [0.4, 0.5) is 0 Å². The van der Waals surface area contributed by atoms with Crippen LogP contribution in [0, 0.1) is 0 Å². The Labute approximate surface area is 127 Å². The van der Waals surface area contributed by atoms with Gasteiger partial charge in [0.1, 0.15) is 12.4 Å². The molecule has 0 unspecified atom stereocenters. The van der Waals surface area contributed by atoms with E-state index in [9.17, 15) is 5.11 Å². The summed E-state index contributed by atoms with van der Waals surface area (Å²) < 4.78 is 5.63. The maximum Gasteiger partial charge on any atom is 0.119 e. The highest BCUT2D eigenvalue weighted by Gasteiger charge is 2.13. The van der Waals surface area contributed by atoms with Gasteiger partial charge in [-0.15, -0.1) is 0 Å². The first-order valence-electron chi connectivity index (χ1n) is 7.42. The second-order valence-electron chi connectivity index (χ2n) is 6.17. The zero-order valence-corrected chi connectivity index (χ0v) is 14.0. The zero-order valence-electron chi connectivity index (χ0n) is 13.2. The van der Waals surface area contributed by atoms with E-state index in [4.69, 9.17) is 4.74 Å². The average molecular weight is 296 g/mol. The third kappa shape index (κ3) is 6.67. The monoisotopic (exact) mass is 296 g/mol. The summed E-state index contributed by atoms with van der Waals surface area (Å²) in [6.45, 7) is 9.13. The molecule has 0 aromatic heterocycles. The lowest BCUT2D eigenvalue weighted by Gasteiger charge is -2.19. The summed E-state index contributed by atoms with van der Waals surface area (Å²) in [6, 6.07) is 8.16. The highest BCUT2D eigenvalue weighted by Crippen LogP contribution is 2.24. The Morgan fingerprint density at radius 1 is 1.20 bits per heavy atom. The van der Waals surface area contributed by atoms with Crippen molar-refractivity contribution in [1.82, 2.24) is 0 Å². The molecule has 20 heavy (non-hydrogen) atoms. The molecule has 0 saturated carbocycles. The lowest BCUT2D eigenvalue weighted by Crippen LogP contribution is -2.20. The molecule has 0 fully saturated rings. The first-order valence-corrected chi connectivity index (χ1v) is 8.58. The van der Waals surface area contributed by atoms with Crippen molar-refractivity contribution in [2.45, 2.75) is 52.1 Å². The lowest BCUT2D eigenvalue weighted by atomic mass is 9.87. The van der Waals surface area contributed by atoms with E-state index in [1.54, 1.807) is 11.8 Å². The van der Waals surface area contributed by atoms with Gasteiger partial charge < -0.3 is 9.84 Å². The topological polar surface area (TPSA) is 29.5 Å². The third-order valence-electron chi connectivity index (χ3n) is 3.12. The molecule has 1 rings (SSSR count). The van der Waals surface area contributed by atoms with Gasteiger partial charge in [0.2, 0.25) is 0 Å². The highest BCUT2D eigenvalue weighted by atomic mass is 32.2. The van der Waals surface area contributed by atoms with Crippen molar-refractivity contribution in [3.8, 4) is 5.75 Å². The average Bonchev–Trinajstić information content (AvgIpc) is 2.41. The highest BCUT2D eigenvalue weighted by molar-refractivity contribution is 7.99. The van der Waals surface area contributed by atoms with Gasteiger partial charge in [-0.1, -0.05) is 46.2 Å². The number of hydrogen-bond acceptors (Lipinski definition) is 3. The van der Waals surface area contributed by atoms with Crippen LogP contribution >= 0.6 is 11.8 Å². The zero-order chi connectivity index (χ0) is 15.0. The summed E-state index contributed by atoms with van der Waals surface area (Å²) in [6.07, 6.45) is 2.03. The summed E-state index contributed by atoms with van der Waals surface area (Å²) in [4.78, 5) is 0. The van der Waals surface area contributed by atoms with Crippen molar-refractivity contribution in [3.05, 3.63) is 29.8 Å². The van der Waals surface area contributed by atoms with Crippen molar-refractivity contribution >= 4 is 11.8 Å². The number of thioether (sulfide) groups is 1. The number of unbranched alkanes of at least 4 members (excludes halogenated alkanes) is 1. The van der Waals surface area contributed by atoms with Crippen LogP contribution in [-0.4, -0.2) is 29.3 Å². The first kappa shape index (κ1) is 17.4. The van der Waals surface area contributed by atoms with E-state index >= 15 is 0 Å². The fourth-order valence-electron chi connectivity index (χ4n) is 1.76. The predicted octanol–water partition coefficient (Wildman–Crippen LogP) is 4.26. The molecule has 0 aliphatic rings. The van der Waals surface area contributed by atoms with Crippen molar-refractivity contribution in [1.29, 1.82) is 0 Å². The fraction of sp³-hybridized carbons (Fsp3) is 0.647. The smallest absolute Gasteiger partial charge is 0.119 e. The normalized spacial score (nSPS) is 13.2. The molecule has 0 bridgehead atoms. The third-order valence-corrected chi connectivity index (χ3v) is 4.31. The van der Waals surface area contributed by atoms with Crippen molar-refractivity contribution in [3.63, 3.8) is 0 Å². The van der Waals surface area contributed by atoms with Crippen LogP contribution in [0.1, 0.15) is 46.1 Å². The Hall–Kier alpha value is -0.670. The molecule has 1 atom stereocenters. The quantitative estimate of drug-likeness (QED) is 0.727. The van der Waals surface area contributed by atoms with Crippen LogP contribution in [-0.2, 0) is 5.41 Å². The predicted molar refractivity (Wildman–Crippen MR) is 88.9 cm³/mol. The first-order chi connectivity index (χ1) is 9.43. The van der Waals surface area contributed by atoms with Gasteiger partial charge >= 0.3 is 0 Å². The SMILES string of the molecule is CCCCSC[C@@H](O)COc1ccc(C(C)(C)C)cc1. The summed E-state index contributed by atoms with van der Waals surface area (Å²) in [5.41, 5.74) is 1.45. The second-order valence-corrected chi connectivity index (χ2v) is 7.32. The van der Waals surface area contributed by atoms with Gasteiger partial charge in [0.05, 0.1) is 6.10 Å². The van der Waals surface area contributed by atoms with Crippen LogP contribution < -0.4 is 4.74 Å². The summed E-state index contributed by atoms with van der Waals surface area (Å²) in [5.74, 6) is 2.70. The number of rotatable bonds is 8. The van der Waals surface area contributed by atoms with Gasteiger partial charge in [0, 0.05) is 5.75 Å². The van der Waals surface area contributed by atoms with E-state index in [1.807, 2.05) is 12.1 Å². The van der Waals surface area contributed by atoms with Crippen molar-refractivity contribution < 1.29 is 9.84 Å². The molecule has 0 amide bonds. The number of ether oxygens (including phenoxy) is 1. The van der Waals surface area contributed by atoms with Gasteiger partial charge in [-0.25, -0.2) is 0 Å². The maximum atomic E-state index is 9.85. The van der Waals surface area contributed by atoms with Gasteiger partial charge in [-0.2, -0.15) is 11.8 Å². The molecule has 1 N–H and O–H groups in total. The van der Waals surface area contributed by atoms with Crippen molar-refractivity contribution in [2.24, 2.45) is 0 Å². The van der Waals surface area contributed by atoms with E-state index in [2.05, 4.69) is 39.8 Å². The molecule has 3 heteroatoms. The molecular formula is C17H28O2S. The van der Waals surface area contributed by atoms with Crippen LogP contribution in [0.5, 0.6) is 5.75 Å². The largest absolute Gasteiger partial charge is 0.491 e. The Morgan fingerprint density at radius 2 is 1.85 bits per heavy atom. The van der Waals surface area contributed by atoms with Gasteiger partial charge in [0.25, 0.3) is 0 Å². The number of hydrogen-bond donors (Lipinski definition) is 1. The molecular weight excluding hydrogens is 268 g/mol. The molecule has 0 aliphatic carbocycles. The van der Waals surface area contributed by atoms with Crippen LogP contribution in [0.3, 0.4) is 0 Å². The van der Waals surface area contributed by atoms with Gasteiger partial charge in [-0.3, -0.25) is 0 Å². The minimum Gasteiger partial charge on any atom is -0.491 e. The van der Waals surface area contributed by atoms with E-state index < -0.39 is 0 Å². The number of aliphatic hydroxyl groups excluding tert-OH is 1. The molecule has 1 aromatic rings. The number of aliphatic hydroxyl groups is 1. The van der Waals surface area contributed by atoms with E-state index in [1.165, 1.54) is 18.4 Å². The maximum absolute atomic E-state index is 9.85. The summed E-state index contributed by atoms with van der Waals surface area (Å²) in [7, 11) is 0. The summed E-state index contributed by atoms with van der Waals surface area (Å²) >= 11 is 1.80. The molecule has 1 aromatic carbocycles. The van der Waals surface area contributed by atoms with Crippen molar-refractivity contribution in [2.75, 3.05) is 18.1 Å². The van der Waals surface area contributed by atoms with Gasteiger partial charge in [0.15, 0.2) is 0 Å². The minimum atomic E-state index is -0.390. The van der Waals surface area contributed by atoms with E-state index in [-0.39, 0.29) is 11.5 Å². The Balaban J connectivity index is 2.31. The molecule has 114 valence electrons. The Bertz CT molecular complexity index is 368. The Morgan fingerprint density at radius 3 is 2.40 bits per heavy atom. The van der Waals surface area contributed by atoms with Crippen LogP contribution in [0.25, 0.3) is 0 Å². The molecule has 0 radical (unpaired) electrons. The molecule has 0 aliphatic heterocycles. The molecule has 0 heterocycles. The Kier molecular flexibility index (Phi) is 7.46. The van der Waals surface area contributed by atoms with Crippen LogP contribution in [0.15, 0.2) is 24.3 Å². The van der Waals surface area contributed by atoms with E-state index in [0.717, 1.165) is 17.3 Å². The fourth-order valence-corrected chi connectivity index (χ4v) is 2.79. The molecule has 0 saturated heterocycles. The summed E-state index contributed by atoms with van der Waals surface area (Å²) in [5, 5.41) is 9.85. The standard InChI is InChI=1S/C17H28O2S/c1-5-6-11-20-13-15(18)12-19-16-9-7-14(8-10-16)17(2,3)4/h7-10,15,18H,5-6,11-13H2,1-4H3/t15-/m0/s1. The molecule has 2 nitrogen and oxygen atoms in total. The van der Waals surface area contributed by atoms with E-state index in [0.29, 0.717) is 6.61 Å². The second kappa shape index (κ2) is 8.58. The minimum absolute atomic E-state index is 0.161. The lowest BCUT2D eigenvalue weighted by molar-refractivity contribution is 0.126. The number of benzene rings is 1. The van der Waals surface area contributed by atoms with Gasteiger partial charge in [-0.05, 0) is 35.3 Å². The molecule has 0 spiro atoms.